The smallest absolute Gasteiger partial charge is 0.363 e. The second-order valence-electron chi connectivity index (χ2n) is 7.43. The maximum atomic E-state index is 12.7. The predicted molar refractivity (Wildman–Crippen MR) is 108 cm³/mol. The van der Waals surface area contributed by atoms with E-state index < -0.39 is 18.1 Å². The molecule has 9 heteroatoms. The third-order valence-corrected chi connectivity index (χ3v) is 6.10. The SMILES string of the molecule is CN1c2ccccc2[C@H]2C[C@H](NC(=O)C(F)(F)F)CCN2c2ccc(C#N)c(Cl)c21. The summed E-state index contributed by atoms with van der Waals surface area (Å²) in [4.78, 5) is 15.5. The first-order valence-corrected chi connectivity index (χ1v) is 9.79. The highest BCUT2D eigenvalue weighted by Crippen LogP contribution is 2.50. The summed E-state index contributed by atoms with van der Waals surface area (Å²) < 4.78 is 38.2. The number of nitrogens with one attached hydrogen (secondary N) is 1. The van der Waals surface area contributed by atoms with Gasteiger partial charge in [0.25, 0.3) is 0 Å². The van der Waals surface area contributed by atoms with E-state index in [0.717, 1.165) is 16.9 Å². The van der Waals surface area contributed by atoms with E-state index in [1.54, 1.807) is 6.07 Å². The maximum absolute atomic E-state index is 12.7. The number of carbonyl (C=O) groups is 1. The summed E-state index contributed by atoms with van der Waals surface area (Å²) in [5.74, 6) is -1.91. The number of hydrogen-bond acceptors (Lipinski definition) is 4. The Balaban J connectivity index is 1.79. The minimum atomic E-state index is -4.91. The van der Waals surface area contributed by atoms with E-state index in [1.807, 2.05) is 42.3 Å². The number of piperidine rings is 1. The average molecular weight is 435 g/mol. The van der Waals surface area contributed by atoms with Gasteiger partial charge in [0.1, 0.15) is 6.07 Å². The van der Waals surface area contributed by atoms with Crippen LogP contribution < -0.4 is 15.1 Å². The topological polar surface area (TPSA) is 59.4 Å². The zero-order chi connectivity index (χ0) is 21.6. The van der Waals surface area contributed by atoms with Gasteiger partial charge in [0.2, 0.25) is 0 Å². The van der Waals surface area contributed by atoms with Crippen LogP contribution in [-0.2, 0) is 4.79 Å². The maximum Gasteiger partial charge on any atom is 0.471 e. The number of rotatable bonds is 1. The lowest BCUT2D eigenvalue weighted by Crippen LogP contribution is -2.49. The fourth-order valence-corrected chi connectivity index (χ4v) is 4.66. The molecule has 1 saturated heterocycles. The lowest BCUT2D eigenvalue weighted by atomic mass is 9.90. The van der Waals surface area contributed by atoms with Gasteiger partial charge in [-0.15, -0.1) is 0 Å². The quantitative estimate of drug-likeness (QED) is 0.708. The summed E-state index contributed by atoms with van der Waals surface area (Å²) in [5, 5.41) is 11.9. The van der Waals surface area contributed by atoms with E-state index in [-0.39, 0.29) is 6.04 Å². The molecule has 2 aliphatic heterocycles. The Morgan fingerprint density at radius 3 is 2.67 bits per heavy atom. The Bertz CT molecular complexity index is 1050. The van der Waals surface area contributed by atoms with Crippen LogP contribution in [-0.4, -0.2) is 31.7 Å². The lowest BCUT2D eigenvalue weighted by Gasteiger charge is -2.41. The highest BCUT2D eigenvalue weighted by Gasteiger charge is 2.42. The molecule has 1 fully saturated rings. The second-order valence-corrected chi connectivity index (χ2v) is 7.80. The number of benzene rings is 2. The molecule has 0 radical (unpaired) electrons. The van der Waals surface area contributed by atoms with Gasteiger partial charge in [0, 0.05) is 25.3 Å². The van der Waals surface area contributed by atoms with Crippen LogP contribution >= 0.6 is 11.6 Å². The van der Waals surface area contributed by atoms with E-state index in [9.17, 15) is 23.2 Å². The van der Waals surface area contributed by atoms with Crippen molar-refractivity contribution in [3.8, 4) is 6.07 Å². The van der Waals surface area contributed by atoms with E-state index in [1.165, 1.54) is 0 Å². The number of hydrogen-bond donors (Lipinski definition) is 1. The number of nitrogens with zero attached hydrogens (tertiary/aromatic N) is 3. The van der Waals surface area contributed by atoms with Crippen molar-refractivity contribution < 1.29 is 18.0 Å². The standard InChI is InChI=1S/C21H18ClF3N4O/c1-28-15-5-3-2-4-14(15)17-10-13(27-20(30)21(23,24)25)8-9-29(17)16-7-6-12(11-26)18(22)19(16)28/h2-7,13,17H,8-10H2,1H3,(H,27,30)/t13-,17-/m1/s1. The molecule has 4 rings (SSSR count). The number of anilines is 3. The van der Waals surface area contributed by atoms with E-state index in [0.29, 0.717) is 35.7 Å². The number of carbonyl (C=O) groups excluding carboxylic acids is 1. The summed E-state index contributed by atoms with van der Waals surface area (Å²) in [6, 6.07) is 12.3. The third-order valence-electron chi connectivity index (χ3n) is 5.71. The van der Waals surface area contributed by atoms with Crippen LogP contribution in [0.25, 0.3) is 0 Å². The number of alkyl halides is 3. The summed E-state index contributed by atoms with van der Waals surface area (Å²) >= 11 is 6.57. The molecule has 2 aliphatic rings. The largest absolute Gasteiger partial charge is 0.471 e. The summed E-state index contributed by atoms with van der Waals surface area (Å²) in [5.41, 5.74) is 3.63. The molecule has 1 N–H and O–H groups in total. The van der Waals surface area contributed by atoms with Crippen molar-refractivity contribution in [2.24, 2.45) is 0 Å². The van der Waals surface area contributed by atoms with Crippen molar-refractivity contribution in [2.75, 3.05) is 23.4 Å². The van der Waals surface area contributed by atoms with Crippen molar-refractivity contribution in [3.05, 3.63) is 52.5 Å². The lowest BCUT2D eigenvalue weighted by molar-refractivity contribution is -0.174. The molecule has 0 bridgehead atoms. The van der Waals surface area contributed by atoms with Gasteiger partial charge in [-0.2, -0.15) is 18.4 Å². The van der Waals surface area contributed by atoms with Gasteiger partial charge < -0.3 is 15.1 Å². The zero-order valence-electron chi connectivity index (χ0n) is 16.0. The van der Waals surface area contributed by atoms with Crippen LogP contribution in [0.4, 0.5) is 30.2 Å². The van der Waals surface area contributed by atoms with Crippen LogP contribution in [0.15, 0.2) is 36.4 Å². The molecule has 2 atom stereocenters. The molecule has 0 aromatic heterocycles. The number of halogens is 4. The summed E-state index contributed by atoms with van der Waals surface area (Å²) in [7, 11) is 1.85. The molecule has 0 unspecified atom stereocenters. The van der Waals surface area contributed by atoms with Crippen LogP contribution in [0.3, 0.4) is 0 Å². The van der Waals surface area contributed by atoms with Crippen molar-refractivity contribution in [2.45, 2.75) is 31.1 Å². The van der Waals surface area contributed by atoms with Crippen molar-refractivity contribution in [1.29, 1.82) is 5.26 Å². The average Bonchev–Trinajstić information content (AvgIpc) is 2.82. The van der Waals surface area contributed by atoms with Crippen LogP contribution in [0.1, 0.15) is 30.0 Å². The summed E-state index contributed by atoms with van der Waals surface area (Å²) in [6.45, 7) is 0.435. The van der Waals surface area contributed by atoms with Gasteiger partial charge >= 0.3 is 12.1 Å². The van der Waals surface area contributed by atoms with E-state index in [2.05, 4.69) is 16.3 Å². The molecular weight excluding hydrogens is 417 g/mol. The molecule has 0 aliphatic carbocycles. The molecule has 0 saturated carbocycles. The number of fused-ring (bicyclic) bond motifs is 5. The predicted octanol–water partition coefficient (Wildman–Crippen LogP) is 4.68. The van der Waals surface area contributed by atoms with Gasteiger partial charge in [0.05, 0.1) is 28.0 Å². The second kappa shape index (κ2) is 7.40. The van der Waals surface area contributed by atoms with Crippen molar-refractivity contribution in [3.63, 3.8) is 0 Å². The highest BCUT2D eigenvalue weighted by molar-refractivity contribution is 6.35. The fraction of sp³-hybridized carbons (Fsp3) is 0.333. The number of nitriles is 1. The van der Waals surface area contributed by atoms with Gasteiger partial charge in [-0.05, 0) is 36.6 Å². The first-order chi connectivity index (χ1) is 14.2. The Morgan fingerprint density at radius 2 is 1.97 bits per heavy atom. The first-order valence-electron chi connectivity index (χ1n) is 9.42. The first kappa shape index (κ1) is 20.4. The van der Waals surface area contributed by atoms with Crippen LogP contribution in [0, 0.1) is 11.3 Å². The Morgan fingerprint density at radius 1 is 1.23 bits per heavy atom. The molecule has 156 valence electrons. The van der Waals surface area contributed by atoms with E-state index >= 15 is 0 Å². The van der Waals surface area contributed by atoms with Gasteiger partial charge in [0.15, 0.2) is 0 Å². The minimum absolute atomic E-state index is 0.249. The Labute approximate surface area is 176 Å². The van der Waals surface area contributed by atoms with Gasteiger partial charge in [-0.25, -0.2) is 0 Å². The molecule has 2 aromatic carbocycles. The molecule has 0 spiro atoms. The zero-order valence-corrected chi connectivity index (χ0v) is 16.8. The molecule has 2 heterocycles. The number of para-hydroxylation sites is 1. The van der Waals surface area contributed by atoms with E-state index in [4.69, 9.17) is 11.6 Å². The molecule has 1 amide bonds. The Hall–Kier alpha value is -2.92. The van der Waals surface area contributed by atoms with Gasteiger partial charge in [-0.3, -0.25) is 4.79 Å². The molecule has 2 aromatic rings. The monoisotopic (exact) mass is 434 g/mol. The third kappa shape index (κ3) is 3.33. The molecular formula is C21H18ClF3N4O. The van der Waals surface area contributed by atoms with Crippen LogP contribution in [0.5, 0.6) is 0 Å². The highest BCUT2D eigenvalue weighted by atomic mass is 35.5. The Kier molecular flexibility index (Phi) is 5.02. The molecule has 5 nitrogen and oxygen atoms in total. The van der Waals surface area contributed by atoms with Crippen LogP contribution in [0.2, 0.25) is 5.02 Å². The normalized spacial score (nSPS) is 20.4. The van der Waals surface area contributed by atoms with Gasteiger partial charge in [-0.1, -0.05) is 29.8 Å². The fourth-order valence-electron chi connectivity index (χ4n) is 4.33. The van der Waals surface area contributed by atoms with Crippen molar-refractivity contribution in [1.82, 2.24) is 5.32 Å². The minimum Gasteiger partial charge on any atom is -0.363 e. The van der Waals surface area contributed by atoms with Crippen molar-refractivity contribution >= 4 is 34.6 Å². The number of amides is 1. The summed E-state index contributed by atoms with van der Waals surface area (Å²) in [6.07, 6.45) is -4.22. The molecule has 30 heavy (non-hydrogen) atoms.